The van der Waals surface area contributed by atoms with Crippen LogP contribution >= 0.6 is 15.2 Å². The molecule has 0 saturated carbocycles. The third-order valence-electron chi connectivity index (χ3n) is 3.15. The Morgan fingerprint density at radius 1 is 0.957 bits per heavy atom. The minimum absolute atomic E-state index is 0.274. The second-order valence-electron chi connectivity index (χ2n) is 5.50. The molecule has 1 aromatic rings. The molecule has 0 atom stereocenters. The van der Waals surface area contributed by atoms with Crippen LogP contribution < -0.4 is 4.74 Å². The maximum atomic E-state index is 11.2. The maximum Gasteiger partial charge on any atom is 0.330 e. The van der Waals surface area contributed by atoms with E-state index in [0.717, 1.165) is 25.7 Å². The lowest BCUT2D eigenvalue weighted by Gasteiger charge is -2.14. The normalized spacial score (nSPS) is 12.4. The Kier molecular flexibility index (Phi) is 7.95. The molecule has 7 nitrogen and oxygen atoms in total. The number of unbranched alkanes of at least 4 members (excludes halogenated alkanes) is 3. The highest BCUT2D eigenvalue weighted by Crippen LogP contribution is 2.43. The maximum absolute atomic E-state index is 11.2. The molecular formula is C14H24O7P2. The monoisotopic (exact) mass is 366 g/mol. The van der Waals surface area contributed by atoms with E-state index in [2.05, 4.69) is 6.92 Å². The van der Waals surface area contributed by atoms with Crippen molar-refractivity contribution in [2.45, 2.75) is 44.9 Å². The molecule has 0 aromatic heterocycles. The summed E-state index contributed by atoms with van der Waals surface area (Å²) in [6.07, 6.45) is 3.07. The van der Waals surface area contributed by atoms with E-state index in [9.17, 15) is 9.13 Å². The van der Waals surface area contributed by atoms with Crippen LogP contribution in [0.2, 0.25) is 0 Å². The van der Waals surface area contributed by atoms with Crippen molar-refractivity contribution >= 4 is 15.2 Å². The molecule has 0 saturated heterocycles. The molecule has 0 aliphatic carbocycles. The van der Waals surface area contributed by atoms with Crippen LogP contribution in [0.5, 0.6) is 5.75 Å². The van der Waals surface area contributed by atoms with Crippen molar-refractivity contribution in [2.75, 3.05) is 6.61 Å². The molecule has 0 aliphatic rings. The summed E-state index contributed by atoms with van der Waals surface area (Å²) in [5, 5.41) is 0. The van der Waals surface area contributed by atoms with Crippen LogP contribution in [0.1, 0.15) is 43.7 Å². The molecule has 9 heteroatoms. The molecule has 0 amide bonds. The number of hydrogen-bond donors (Lipinski definition) is 4. The summed E-state index contributed by atoms with van der Waals surface area (Å²) in [5.41, 5.74) is 0.708. The lowest BCUT2D eigenvalue weighted by atomic mass is 10.1. The second-order valence-corrected chi connectivity index (χ2v) is 8.79. The van der Waals surface area contributed by atoms with Crippen LogP contribution in [0.15, 0.2) is 18.2 Å². The molecule has 1 rings (SSSR count). The molecule has 132 valence electrons. The molecule has 23 heavy (non-hydrogen) atoms. The minimum Gasteiger partial charge on any atom is -0.493 e. The fourth-order valence-corrected chi connectivity index (χ4v) is 3.51. The largest absolute Gasteiger partial charge is 0.493 e. The van der Waals surface area contributed by atoms with E-state index in [0.29, 0.717) is 17.7 Å². The Bertz CT molecular complexity index is 591. The molecule has 0 aliphatic heterocycles. The van der Waals surface area contributed by atoms with Gasteiger partial charge < -0.3 is 24.3 Å². The third-order valence-corrected chi connectivity index (χ3v) is 4.68. The summed E-state index contributed by atoms with van der Waals surface area (Å²) < 4.78 is 27.9. The van der Waals surface area contributed by atoms with Crippen LogP contribution in [0, 0.1) is 0 Å². The number of ether oxygens (including phenoxy) is 1. The fraction of sp³-hybridized carbons (Fsp3) is 0.571. The molecule has 4 N–H and O–H groups in total. The van der Waals surface area contributed by atoms with Gasteiger partial charge in [-0.3, -0.25) is 9.13 Å². The molecule has 0 spiro atoms. The van der Waals surface area contributed by atoms with Gasteiger partial charge in [0.1, 0.15) is 5.75 Å². The van der Waals surface area contributed by atoms with E-state index in [1.165, 1.54) is 18.2 Å². The highest BCUT2D eigenvalue weighted by atomic mass is 31.2. The van der Waals surface area contributed by atoms with Gasteiger partial charge in [-0.25, -0.2) is 0 Å². The van der Waals surface area contributed by atoms with Gasteiger partial charge >= 0.3 is 15.2 Å². The van der Waals surface area contributed by atoms with Crippen LogP contribution in [-0.2, 0) is 21.5 Å². The Morgan fingerprint density at radius 3 is 2.17 bits per heavy atom. The van der Waals surface area contributed by atoms with E-state index in [1.807, 2.05) is 0 Å². The molecule has 0 radical (unpaired) electrons. The first kappa shape index (κ1) is 20.4. The summed E-state index contributed by atoms with van der Waals surface area (Å²) in [5.74, 6) is 0.274. The first-order valence-corrected chi connectivity index (χ1v) is 11.0. The lowest BCUT2D eigenvalue weighted by molar-refractivity contribution is 0.301. The van der Waals surface area contributed by atoms with Crippen molar-refractivity contribution in [1.82, 2.24) is 0 Å². The average Bonchev–Trinajstić information content (AvgIpc) is 2.38. The van der Waals surface area contributed by atoms with Crippen molar-refractivity contribution in [1.29, 1.82) is 0 Å². The van der Waals surface area contributed by atoms with Gasteiger partial charge in [-0.1, -0.05) is 38.3 Å². The summed E-state index contributed by atoms with van der Waals surface area (Å²) in [6.45, 7) is 2.48. The standard InChI is InChI=1S/C14H24O7P2/c1-2-3-4-5-8-21-14-9-12(10-22(15,16)17)6-7-13(14)11-23(18,19)20/h6-7,9H,2-5,8,10-11H2,1H3,(H2,15,16,17)(H2,18,19,20). The SMILES string of the molecule is CCCCCCOc1cc(CP(=O)(O)O)ccc1CP(=O)(O)O. The Labute approximate surface area is 136 Å². The predicted octanol–water partition coefficient (Wildman–Crippen LogP) is 3.00. The summed E-state index contributed by atoms with van der Waals surface area (Å²) in [6, 6.07) is 4.35. The van der Waals surface area contributed by atoms with E-state index in [4.69, 9.17) is 24.3 Å². The second kappa shape index (κ2) is 8.97. The van der Waals surface area contributed by atoms with Gasteiger partial charge in [0.05, 0.1) is 18.9 Å². The van der Waals surface area contributed by atoms with Gasteiger partial charge in [0.2, 0.25) is 0 Å². The fourth-order valence-electron chi connectivity index (χ4n) is 2.13. The van der Waals surface area contributed by atoms with Crippen LogP contribution in [0.4, 0.5) is 0 Å². The molecular weight excluding hydrogens is 342 g/mol. The summed E-state index contributed by atoms with van der Waals surface area (Å²) in [4.78, 5) is 36.3. The topological polar surface area (TPSA) is 124 Å². The van der Waals surface area contributed by atoms with Crippen molar-refractivity contribution in [2.24, 2.45) is 0 Å². The Morgan fingerprint density at radius 2 is 1.61 bits per heavy atom. The molecule has 0 bridgehead atoms. The number of hydrogen-bond acceptors (Lipinski definition) is 3. The minimum atomic E-state index is -4.25. The molecule has 1 aromatic carbocycles. The van der Waals surface area contributed by atoms with Crippen LogP contribution in [0.3, 0.4) is 0 Å². The van der Waals surface area contributed by atoms with Gasteiger partial charge in [0.15, 0.2) is 0 Å². The molecule has 0 heterocycles. The van der Waals surface area contributed by atoms with Crippen molar-refractivity contribution in [3.8, 4) is 5.75 Å². The highest BCUT2D eigenvalue weighted by molar-refractivity contribution is 7.51. The van der Waals surface area contributed by atoms with Crippen LogP contribution in [0.25, 0.3) is 0 Å². The quantitative estimate of drug-likeness (QED) is 0.371. The average molecular weight is 366 g/mol. The van der Waals surface area contributed by atoms with Crippen molar-refractivity contribution in [3.05, 3.63) is 29.3 Å². The van der Waals surface area contributed by atoms with E-state index in [-0.39, 0.29) is 5.75 Å². The highest BCUT2D eigenvalue weighted by Gasteiger charge is 2.20. The zero-order valence-electron chi connectivity index (χ0n) is 13.1. The summed E-state index contributed by atoms with van der Waals surface area (Å²) >= 11 is 0. The third kappa shape index (κ3) is 9.26. The number of benzene rings is 1. The summed E-state index contributed by atoms with van der Waals surface area (Å²) in [7, 11) is -8.47. The Balaban J connectivity index is 2.87. The smallest absolute Gasteiger partial charge is 0.330 e. The van der Waals surface area contributed by atoms with Gasteiger partial charge in [-0.2, -0.15) is 0 Å². The lowest BCUT2D eigenvalue weighted by Crippen LogP contribution is -2.02. The van der Waals surface area contributed by atoms with E-state index in [1.54, 1.807) is 0 Å². The first-order valence-electron chi connectivity index (χ1n) is 7.44. The zero-order valence-corrected chi connectivity index (χ0v) is 14.9. The van der Waals surface area contributed by atoms with Crippen molar-refractivity contribution in [3.63, 3.8) is 0 Å². The van der Waals surface area contributed by atoms with Gasteiger partial charge in [0, 0.05) is 5.56 Å². The van der Waals surface area contributed by atoms with Gasteiger partial charge in [-0.15, -0.1) is 0 Å². The molecule has 0 fully saturated rings. The van der Waals surface area contributed by atoms with E-state index >= 15 is 0 Å². The molecule has 0 unspecified atom stereocenters. The first-order chi connectivity index (χ1) is 10.6. The van der Waals surface area contributed by atoms with Gasteiger partial charge in [0.25, 0.3) is 0 Å². The predicted molar refractivity (Wildman–Crippen MR) is 87.6 cm³/mol. The van der Waals surface area contributed by atoms with E-state index < -0.39 is 27.5 Å². The Hall–Kier alpha value is -0.680. The van der Waals surface area contributed by atoms with Crippen LogP contribution in [-0.4, -0.2) is 26.2 Å². The van der Waals surface area contributed by atoms with Crippen molar-refractivity contribution < 1.29 is 33.4 Å². The zero-order chi connectivity index (χ0) is 17.5. The number of rotatable bonds is 10. The van der Waals surface area contributed by atoms with Gasteiger partial charge in [-0.05, 0) is 18.1 Å².